The first-order valence-corrected chi connectivity index (χ1v) is 7.64. The summed E-state index contributed by atoms with van der Waals surface area (Å²) in [4.78, 5) is 21.2. The Hall–Kier alpha value is -2.71. The Balaban J connectivity index is 1.63. The molecule has 0 bridgehead atoms. The van der Waals surface area contributed by atoms with Crippen LogP contribution in [0, 0.1) is 0 Å². The molecule has 2 heterocycles. The molecule has 0 amide bonds. The van der Waals surface area contributed by atoms with Gasteiger partial charge in [-0.3, -0.25) is 4.90 Å². The lowest BCUT2D eigenvalue weighted by Gasteiger charge is -2.26. The molecule has 1 aromatic carbocycles. The van der Waals surface area contributed by atoms with E-state index in [-0.39, 0.29) is 17.3 Å². The van der Waals surface area contributed by atoms with Crippen molar-refractivity contribution < 1.29 is 14.6 Å². The van der Waals surface area contributed by atoms with Crippen molar-refractivity contribution in [1.82, 2.24) is 14.9 Å². The number of aromatic nitrogens is 2. The predicted molar refractivity (Wildman–Crippen MR) is 89.2 cm³/mol. The smallest absolute Gasteiger partial charge is 0.341 e. The highest BCUT2D eigenvalue weighted by Gasteiger charge is 2.12. The van der Waals surface area contributed by atoms with Crippen molar-refractivity contribution in [3.8, 4) is 0 Å². The minimum absolute atomic E-state index is 0.0658. The Kier molecular flexibility index (Phi) is 4.88. The Labute approximate surface area is 139 Å². The summed E-state index contributed by atoms with van der Waals surface area (Å²) in [5.74, 6) is -0.950. The zero-order valence-corrected chi connectivity index (χ0v) is 13.1. The number of ether oxygens (including phenoxy) is 1. The quantitative estimate of drug-likeness (QED) is 0.753. The van der Waals surface area contributed by atoms with E-state index in [1.54, 1.807) is 0 Å². The minimum Gasteiger partial charge on any atom is -0.477 e. The molecule has 8 heteroatoms. The third-order valence-corrected chi connectivity index (χ3v) is 3.77. The van der Waals surface area contributed by atoms with Gasteiger partial charge in [-0.25, -0.2) is 9.78 Å². The fourth-order valence-corrected chi connectivity index (χ4v) is 2.46. The van der Waals surface area contributed by atoms with Crippen LogP contribution < -0.4 is 11.1 Å². The zero-order valence-electron chi connectivity index (χ0n) is 13.1. The fourth-order valence-electron chi connectivity index (χ4n) is 2.46. The van der Waals surface area contributed by atoms with Gasteiger partial charge in [-0.15, -0.1) is 0 Å². The Morgan fingerprint density at radius 2 is 2.00 bits per heavy atom. The van der Waals surface area contributed by atoms with Crippen molar-refractivity contribution in [3.63, 3.8) is 0 Å². The van der Waals surface area contributed by atoms with E-state index in [4.69, 9.17) is 15.6 Å². The number of carboxylic acid groups (broad SMARTS) is 1. The van der Waals surface area contributed by atoms with E-state index in [2.05, 4.69) is 20.2 Å². The largest absolute Gasteiger partial charge is 0.477 e. The lowest BCUT2D eigenvalue weighted by Crippen LogP contribution is -2.35. The van der Waals surface area contributed by atoms with Crippen LogP contribution in [0.15, 0.2) is 30.5 Å². The van der Waals surface area contributed by atoms with Crippen LogP contribution in [0.25, 0.3) is 0 Å². The van der Waals surface area contributed by atoms with E-state index in [0.717, 1.165) is 38.5 Å². The van der Waals surface area contributed by atoms with Crippen LogP contribution in [0.3, 0.4) is 0 Å². The summed E-state index contributed by atoms with van der Waals surface area (Å²) in [6.07, 6.45) is 1.19. The summed E-state index contributed by atoms with van der Waals surface area (Å²) in [6, 6.07) is 7.93. The fraction of sp³-hybridized carbons (Fsp3) is 0.312. The maximum absolute atomic E-state index is 10.9. The number of aromatic carboxylic acids is 1. The van der Waals surface area contributed by atoms with Gasteiger partial charge in [0, 0.05) is 31.5 Å². The summed E-state index contributed by atoms with van der Waals surface area (Å²) in [6.45, 7) is 4.35. The van der Waals surface area contributed by atoms with Gasteiger partial charge in [-0.05, 0) is 17.7 Å². The van der Waals surface area contributed by atoms with Gasteiger partial charge in [0.05, 0.1) is 13.2 Å². The summed E-state index contributed by atoms with van der Waals surface area (Å²) >= 11 is 0. The molecule has 0 radical (unpaired) electrons. The van der Waals surface area contributed by atoms with E-state index >= 15 is 0 Å². The number of carbonyl (C=O) groups is 1. The normalized spacial score (nSPS) is 15.2. The summed E-state index contributed by atoms with van der Waals surface area (Å²) in [5, 5.41) is 11.9. The SMILES string of the molecule is Nc1nc(Nc2ccc(CN3CCOCC3)cc2)ncc1C(=O)O. The average Bonchev–Trinajstić information content (AvgIpc) is 2.57. The first kappa shape index (κ1) is 16.2. The van der Waals surface area contributed by atoms with Gasteiger partial charge in [0.25, 0.3) is 0 Å². The van der Waals surface area contributed by atoms with Crippen molar-refractivity contribution in [2.45, 2.75) is 6.54 Å². The van der Waals surface area contributed by atoms with E-state index in [1.165, 1.54) is 11.8 Å². The van der Waals surface area contributed by atoms with Crippen LogP contribution in [-0.4, -0.2) is 52.2 Å². The van der Waals surface area contributed by atoms with Gasteiger partial charge >= 0.3 is 5.97 Å². The lowest BCUT2D eigenvalue weighted by molar-refractivity contribution is 0.0342. The Morgan fingerprint density at radius 1 is 1.29 bits per heavy atom. The van der Waals surface area contributed by atoms with Crippen LogP contribution >= 0.6 is 0 Å². The van der Waals surface area contributed by atoms with E-state index < -0.39 is 5.97 Å². The molecular weight excluding hydrogens is 310 g/mol. The highest BCUT2D eigenvalue weighted by molar-refractivity contribution is 5.92. The van der Waals surface area contributed by atoms with Crippen molar-refractivity contribution in [3.05, 3.63) is 41.6 Å². The highest BCUT2D eigenvalue weighted by Crippen LogP contribution is 2.17. The molecule has 0 unspecified atom stereocenters. The third-order valence-electron chi connectivity index (χ3n) is 3.77. The monoisotopic (exact) mass is 329 g/mol. The molecule has 1 saturated heterocycles. The first-order valence-electron chi connectivity index (χ1n) is 7.64. The number of hydrogen-bond donors (Lipinski definition) is 3. The molecule has 3 rings (SSSR count). The molecule has 8 nitrogen and oxygen atoms in total. The molecule has 0 saturated carbocycles. The second-order valence-corrected chi connectivity index (χ2v) is 5.51. The maximum Gasteiger partial charge on any atom is 0.341 e. The molecule has 0 aliphatic carbocycles. The number of nitrogens with two attached hydrogens (primary N) is 1. The predicted octanol–water partition coefficient (Wildman–Crippen LogP) is 1.33. The number of morpholine rings is 1. The summed E-state index contributed by atoms with van der Waals surface area (Å²) in [5.41, 5.74) is 7.53. The van der Waals surface area contributed by atoms with Gasteiger partial charge in [0.2, 0.25) is 5.95 Å². The summed E-state index contributed by atoms with van der Waals surface area (Å²) < 4.78 is 5.34. The molecule has 24 heavy (non-hydrogen) atoms. The topological polar surface area (TPSA) is 114 Å². The summed E-state index contributed by atoms with van der Waals surface area (Å²) in [7, 11) is 0. The number of carboxylic acids is 1. The number of benzene rings is 1. The molecule has 0 atom stereocenters. The molecule has 1 fully saturated rings. The minimum atomic E-state index is -1.15. The molecule has 4 N–H and O–H groups in total. The second kappa shape index (κ2) is 7.24. The standard InChI is InChI=1S/C16H19N5O3/c17-14-13(15(22)23)9-18-16(20-14)19-12-3-1-11(2-4-12)10-21-5-7-24-8-6-21/h1-4,9H,5-8,10H2,(H,22,23)(H3,17,18,19,20). The number of hydrogen-bond acceptors (Lipinski definition) is 7. The zero-order chi connectivity index (χ0) is 16.9. The van der Waals surface area contributed by atoms with Crippen molar-refractivity contribution in [2.24, 2.45) is 0 Å². The van der Waals surface area contributed by atoms with Gasteiger partial charge in [-0.1, -0.05) is 12.1 Å². The highest BCUT2D eigenvalue weighted by atomic mass is 16.5. The Morgan fingerprint density at radius 3 is 2.62 bits per heavy atom. The molecule has 1 aromatic heterocycles. The van der Waals surface area contributed by atoms with Gasteiger partial charge < -0.3 is 20.9 Å². The molecular formula is C16H19N5O3. The average molecular weight is 329 g/mol. The van der Waals surface area contributed by atoms with Gasteiger partial charge in [-0.2, -0.15) is 4.98 Å². The molecule has 0 spiro atoms. The Bertz CT molecular complexity index is 714. The number of nitrogens with one attached hydrogen (secondary N) is 1. The van der Waals surface area contributed by atoms with Crippen molar-refractivity contribution in [1.29, 1.82) is 0 Å². The van der Waals surface area contributed by atoms with Crippen LogP contribution in [0.2, 0.25) is 0 Å². The van der Waals surface area contributed by atoms with E-state index in [0.29, 0.717) is 0 Å². The number of nitrogens with zero attached hydrogens (tertiary/aromatic N) is 3. The van der Waals surface area contributed by atoms with E-state index in [9.17, 15) is 4.79 Å². The third kappa shape index (κ3) is 3.98. The molecule has 1 aliphatic rings. The number of anilines is 3. The van der Waals surface area contributed by atoms with Gasteiger partial charge in [0.1, 0.15) is 11.4 Å². The lowest BCUT2D eigenvalue weighted by atomic mass is 10.2. The van der Waals surface area contributed by atoms with Crippen LogP contribution in [0.4, 0.5) is 17.5 Å². The van der Waals surface area contributed by atoms with Crippen molar-refractivity contribution >= 4 is 23.4 Å². The second-order valence-electron chi connectivity index (χ2n) is 5.51. The van der Waals surface area contributed by atoms with Crippen molar-refractivity contribution in [2.75, 3.05) is 37.4 Å². The van der Waals surface area contributed by atoms with E-state index in [1.807, 2.05) is 24.3 Å². The maximum atomic E-state index is 10.9. The first-order chi connectivity index (χ1) is 11.6. The number of rotatable bonds is 5. The molecule has 1 aliphatic heterocycles. The van der Waals surface area contributed by atoms with Crippen LogP contribution in [-0.2, 0) is 11.3 Å². The van der Waals surface area contributed by atoms with Crippen LogP contribution in [0.5, 0.6) is 0 Å². The van der Waals surface area contributed by atoms with Gasteiger partial charge in [0.15, 0.2) is 0 Å². The molecule has 126 valence electrons. The number of nitrogen functional groups attached to an aromatic ring is 1. The molecule has 2 aromatic rings. The van der Waals surface area contributed by atoms with Crippen LogP contribution in [0.1, 0.15) is 15.9 Å².